The lowest BCUT2D eigenvalue weighted by atomic mass is 10.1. The molecular weight excluding hydrogens is 340 g/mol. The van der Waals surface area contributed by atoms with Crippen LogP contribution in [0.25, 0.3) is 0 Å². The summed E-state index contributed by atoms with van der Waals surface area (Å²) in [5.74, 6) is -0.0355. The average Bonchev–Trinajstić information content (AvgIpc) is 2.90. The topological polar surface area (TPSA) is 59.4 Å². The van der Waals surface area contributed by atoms with Crippen molar-refractivity contribution in [2.24, 2.45) is 0 Å². The highest BCUT2D eigenvalue weighted by molar-refractivity contribution is 5.75. The Morgan fingerprint density at radius 2 is 2.11 bits per heavy atom. The van der Waals surface area contributed by atoms with Crippen molar-refractivity contribution in [3.05, 3.63) is 52.8 Å². The summed E-state index contributed by atoms with van der Waals surface area (Å²) < 4.78 is 7.60. The van der Waals surface area contributed by atoms with Gasteiger partial charge in [-0.05, 0) is 49.9 Å². The highest BCUT2D eigenvalue weighted by atomic mass is 16.5. The third kappa shape index (κ3) is 5.91. The second-order valence-corrected chi connectivity index (χ2v) is 7.46. The van der Waals surface area contributed by atoms with Gasteiger partial charge in [-0.2, -0.15) is 5.10 Å². The number of amides is 1. The Bertz CT molecular complexity index is 771. The lowest BCUT2D eigenvalue weighted by Crippen LogP contribution is -2.41. The maximum absolute atomic E-state index is 12.2. The normalized spacial score (nSPS) is 18.3. The molecule has 1 aliphatic rings. The van der Waals surface area contributed by atoms with Gasteiger partial charge in [-0.1, -0.05) is 18.2 Å². The van der Waals surface area contributed by atoms with Crippen LogP contribution in [-0.2, 0) is 22.6 Å². The first-order chi connectivity index (χ1) is 13.0. The van der Waals surface area contributed by atoms with Crippen molar-refractivity contribution in [3.63, 3.8) is 0 Å². The predicted molar refractivity (Wildman–Crippen MR) is 106 cm³/mol. The van der Waals surface area contributed by atoms with Crippen LogP contribution < -0.4 is 5.32 Å². The van der Waals surface area contributed by atoms with Gasteiger partial charge in [0.15, 0.2) is 0 Å². The number of aryl methyl sites for hydroxylation is 3. The molecule has 146 valence electrons. The number of rotatable bonds is 6. The fraction of sp³-hybridized carbons (Fsp3) is 0.524. The van der Waals surface area contributed by atoms with E-state index >= 15 is 0 Å². The van der Waals surface area contributed by atoms with Crippen LogP contribution in [0.5, 0.6) is 0 Å². The SMILES string of the molecule is Cc1ccn(CC(=O)NCC2CN(Cc3ccc(C)c(C)c3)CCCO2)n1. The summed E-state index contributed by atoms with van der Waals surface area (Å²) in [6, 6.07) is 8.56. The highest BCUT2D eigenvalue weighted by Gasteiger charge is 2.19. The van der Waals surface area contributed by atoms with Crippen LogP contribution in [-0.4, -0.2) is 52.9 Å². The molecule has 0 aliphatic carbocycles. The van der Waals surface area contributed by atoms with Gasteiger partial charge in [-0.15, -0.1) is 0 Å². The predicted octanol–water partition coefficient (Wildman–Crippen LogP) is 2.22. The summed E-state index contributed by atoms with van der Waals surface area (Å²) in [6.07, 6.45) is 2.85. The first kappa shape index (κ1) is 19.6. The minimum Gasteiger partial charge on any atom is -0.375 e. The molecule has 3 rings (SSSR count). The molecule has 27 heavy (non-hydrogen) atoms. The van der Waals surface area contributed by atoms with Crippen molar-refractivity contribution in [2.45, 2.75) is 46.4 Å². The van der Waals surface area contributed by atoms with Gasteiger partial charge in [-0.25, -0.2) is 0 Å². The number of benzene rings is 1. The van der Waals surface area contributed by atoms with Crippen molar-refractivity contribution in [1.29, 1.82) is 0 Å². The van der Waals surface area contributed by atoms with Gasteiger partial charge < -0.3 is 10.1 Å². The second kappa shape index (κ2) is 9.15. The smallest absolute Gasteiger partial charge is 0.241 e. The first-order valence-corrected chi connectivity index (χ1v) is 9.66. The fourth-order valence-corrected chi connectivity index (χ4v) is 3.38. The molecular formula is C21H30N4O2. The van der Waals surface area contributed by atoms with Crippen LogP contribution in [0.4, 0.5) is 0 Å². The van der Waals surface area contributed by atoms with E-state index in [-0.39, 0.29) is 18.6 Å². The Balaban J connectivity index is 1.49. The molecule has 2 heterocycles. The van der Waals surface area contributed by atoms with E-state index in [0.717, 1.165) is 38.4 Å². The van der Waals surface area contributed by atoms with E-state index < -0.39 is 0 Å². The van der Waals surface area contributed by atoms with Gasteiger partial charge in [0.1, 0.15) is 6.54 Å². The Morgan fingerprint density at radius 1 is 1.26 bits per heavy atom. The minimum absolute atomic E-state index is 0.0161. The lowest BCUT2D eigenvalue weighted by molar-refractivity contribution is -0.122. The molecule has 1 aromatic carbocycles. The fourth-order valence-electron chi connectivity index (χ4n) is 3.38. The molecule has 6 nitrogen and oxygen atoms in total. The van der Waals surface area contributed by atoms with Gasteiger partial charge >= 0.3 is 0 Å². The van der Waals surface area contributed by atoms with Crippen molar-refractivity contribution in [2.75, 3.05) is 26.2 Å². The van der Waals surface area contributed by atoms with Crippen molar-refractivity contribution in [1.82, 2.24) is 20.0 Å². The summed E-state index contributed by atoms with van der Waals surface area (Å²) in [5.41, 5.74) is 4.90. The van der Waals surface area contributed by atoms with Crippen LogP contribution in [0.15, 0.2) is 30.5 Å². The number of carbonyl (C=O) groups is 1. The van der Waals surface area contributed by atoms with Gasteiger partial charge in [0.25, 0.3) is 0 Å². The Labute approximate surface area is 161 Å². The van der Waals surface area contributed by atoms with Crippen LogP contribution in [0, 0.1) is 20.8 Å². The van der Waals surface area contributed by atoms with E-state index in [1.54, 1.807) is 4.68 Å². The molecule has 1 amide bonds. The van der Waals surface area contributed by atoms with Crippen molar-refractivity contribution >= 4 is 5.91 Å². The van der Waals surface area contributed by atoms with Crippen LogP contribution >= 0.6 is 0 Å². The van der Waals surface area contributed by atoms with E-state index in [1.165, 1.54) is 16.7 Å². The molecule has 6 heteroatoms. The van der Waals surface area contributed by atoms with Crippen LogP contribution in [0.1, 0.15) is 28.8 Å². The van der Waals surface area contributed by atoms with Crippen molar-refractivity contribution < 1.29 is 9.53 Å². The van der Waals surface area contributed by atoms with Gasteiger partial charge in [0.2, 0.25) is 5.91 Å². The molecule has 1 aliphatic heterocycles. The second-order valence-electron chi connectivity index (χ2n) is 7.46. The number of hydrogen-bond acceptors (Lipinski definition) is 4. The van der Waals surface area contributed by atoms with E-state index in [0.29, 0.717) is 6.54 Å². The molecule has 0 bridgehead atoms. The van der Waals surface area contributed by atoms with E-state index in [4.69, 9.17) is 4.74 Å². The van der Waals surface area contributed by atoms with Gasteiger partial charge in [0.05, 0.1) is 11.8 Å². The summed E-state index contributed by atoms with van der Waals surface area (Å²) in [4.78, 5) is 14.6. The molecule has 0 saturated carbocycles. The van der Waals surface area contributed by atoms with E-state index in [2.05, 4.69) is 47.4 Å². The molecule has 2 aromatic rings. The maximum atomic E-state index is 12.2. The zero-order valence-electron chi connectivity index (χ0n) is 16.6. The minimum atomic E-state index is -0.0355. The number of ether oxygens (including phenoxy) is 1. The number of carbonyl (C=O) groups excluding carboxylic acids is 1. The molecule has 1 atom stereocenters. The standard InChI is InChI=1S/C21H30N4O2/c1-16-5-6-19(11-17(16)2)13-24-8-4-10-27-20(14-24)12-22-21(26)15-25-9-7-18(3)23-25/h5-7,9,11,20H,4,8,10,12-15H2,1-3H3,(H,22,26). The monoisotopic (exact) mass is 370 g/mol. The summed E-state index contributed by atoms with van der Waals surface area (Å²) in [7, 11) is 0. The first-order valence-electron chi connectivity index (χ1n) is 9.66. The highest BCUT2D eigenvalue weighted by Crippen LogP contribution is 2.14. The molecule has 1 unspecified atom stereocenters. The third-order valence-electron chi connectivity index (χ3n) is 5.02. The zero-order valence-corrected chi connectivity index (χ0v) is 16.6. The lowest BCUT2D eigenvalue weighted by Gasteiger charge is -2.24. The summed E-state index contributed by atoms with van der Waals surface area (Å²) >= 11 is 0. The number of hydrogen-bond donors (Lipinski definition) is 1. The van der Waals surface area contributed by atoms with Crippen LogP contribution in [0.3, 0.4) is 0 Å². The molecule has 1 N–H and O–H groups in total. The van der Waals surface area contributed by atoms with E-state index in [9.17, 15) is 4.79 Å². The van der Waals surface area contributed by atoms with Crippen LogP contribution in [0.2, 0.25) is 0 Å². The molecule has 0 spiro atoms. The number of aromatic nitrogens is 2. The molecule has 0 radical (unpaired) electrons. The van der Waals surface area contributed by atoms with Gasteiger partial charge in [0, 0.05) is 39.0 Å². The number of nitrogens with one attached hydrogen (secondary N) is 1. The number of nitrogens with zero attached hydrogens (tertiary/aromatic N) is 3. The largest absolute Gasteiger partial charge is 0.375 e. The Hall–Kier alpha value is -2.18. The van der Waals surface area contributed by atoms with Gasteiger partial charge in [-0.3, -0.25) is 14.4 Å². The van der Waals surface area contributed by atoms with E-state index in [1.807, 2.05) is 19.2 Å². The zero-order chi connectivity index (χ0) is 19.2. The maximum Gasteiger partial charge on any atom is 0.241 e. The average molecular weight is 370 g/mol. The molecule has 1 saturated heterocycles. The Morgan fingerprint density at radius 3 is 2.85 bits per heavy atom. The third-order valence-corrected chi connectivity index (χ3v) is 5.02. The summed E-state index contributed by atoms with van der Waals surface area (Å²) in [6.45, 7) is 10.5. The summed E-state index contributed by atoms with van der Waals surface area (Å²) in [5, 5.41) is 7.24. The molecule has 1 fully saturated rings. The molecule has 1 aromatic heterocycles. The Kier molecular flexibility index (Phi) is 6.63. The van der Waals surface area contributed by atoms with Crippen molar-refractivity contribution in [3.8, 4) is 0 Å². The quantitative estimate of drug-likeness (QED) is 0.847.